The molecule has 0 spiro atoms. The first-order valence-electron chi connectivity index (χ1n) is 3.77. The van der Waals surface area contributed by atoms with Crippen LogP contribution < -0.4 is 0 Å². The standard InChI is InChI=1S/C8H13B/c1-2-6-9-7-4-3-5-8-9/h3-5,7H,2,6,8H2,1H3. The number of rotatable bonds is 2. The monoisotopic (exact) mass is 120 g/mol. The van der Waals surface area contributed by atoms with E-state index in [4.69, 9.17) is 0 Å². The molecule has 0 aromatic rings. The van der Waals surface area contributed by atoms with Gasteiger partial charge in [-0.1, -0.05) is 44.2 Å². The minimum Gasteiger partial charge on any atom is -0.115 e. The van der Waals surface area contributed by atoms with Gasteiger partial charge in [-0.3, -0.25) is 0 Å². The molecule has 9 heavy (non-hydrogen) atoms. The second-order valence-corrected chi connectivity index (χ2v) is 2.60. The maximum absolute atomic E-state index is 2.31. The Balaban J connectivity index is 2.28. The maximum atomic E-state index is 2.31. The van der Waals surface area contributed by atoms with Crippen molar-refractivity contribution < 1.29 is 0 Å². The third-order valence-corrected chi connectivity index (χ3v) is 1.73. The Hall–Kier alpha value is -0.455. The highest BCUT2D eigenvalue weighted by atomic mass is 13.8. The molecule has 0 N–H and O–H groups in total. The van der Waals surface area contributed by atoms with Crippen LogP contribution in [-0.2, 0) is 0 Å². The van der Waals surface area contributed by atoms with E-state index in [9.17, 15) is 0 Å². The van der Waals surface area contributed by atoms with Gasteiger partial charge in [0.15, 0.2) is 6.71 Å². The summed E-state index contributed by atoms with van der Waals surface area (Å²) in [4.78, 5) is 0. The van der Waals surface area contributed by atoms with Crippen molar-refractivity contribution in [3.8, 4) is 0 Å². The minimum absolute atomic E-state index is 0.833. The minimum atomic E-state index is 0.833. The highest BCUT2D eigenvalue weighted by Crippen LogP contribution is 2.08. The van der Waals surface area contributed by atoms with Crippen molar-refractivity contribution in [2.24, 2.45) is 0 Å². The average molecular weight is 120 g/mol. The predicted molar refractivity (Wildman–Crippen MR) is 43.9 cm³/mol. The van der Waals surface area contributed by atoms with Crippen LogP contribution >= 0.6 is 0 Å². The van der Waals surface area contributed by atoms with Gasteiger partial charge >= 0.3 is 0 Å². The molecule has 0 amide bonds. The largest absolute Gasteiger partial charge is 0.170 e. The molecule has 0 atom stereocenters. The molecule has 48 valence electrons. The third-order valence-electron chi connectivity index (χ3n) is 1.73. The lowest BCUT2D eigenvalue weighted by molar-refractivity contribution is 1.06. The van der Waals surface area contributed by atoms with Gasteiger partial charge in [0, 0.05) is 0 Å². The lowest BCUT2D eigenvalue weighted by Gasteiger charge is -2.05. The molecule has 0 saturated carbocycles. The zero-order valence-corrected chi connectivity index (χ0v) is 6.01. The highest BCUT2D eigenvalue weighted by Gasteiger charge is 2.06. The van der Waals surface area contributed by atoms with Gasteiger partial charge in [-0.05, 0) is 0 Å². The summed E-state index contributed by atoms with van der Waals surface area (Å²) < 4.78 is 0. The number of hydrogen-bond donors (Lipinski definition) is 0. The second-order valence-electron chi connectivity index (χ2n) is 2.60. The summed E-state index contributed by atoms with van der Waals surface area (Å²) in [5.41, 5.74) is 0. The van der Waals surface area contributed by atoms with Crippen molar-refractivity contribution in [1.82, 2.24) is 0 Å². The van der Waals surface area contributed by atoms with Gasteiger partial charge in [-0.15, -0.1) is 5.98 Å². The lowest BCUT2D eigenvalue weighted by Crippen LogP contribution is -2.07. The number of hydrogen-bond acceptors (Lipinski definition) is 0. The normalized spacial score (nSPS) is 16.8. The van der Waals surface area contributed by atoms with Crippen molar-refractivity contribution in [2.75, 3.05) is 0 Å². The molecule has 1 heteroatoms. The zero-order chi connectivity index (χ0) is 6.53. The smallest absolute Gasteiger partial charge is 0.115 e. The molecule has 0 saturated heterocycles. The Morgan fingerprint density at radius 2 is 2.33 bits per heavy atom. The van der Waals surface area contributed by atoms with E-state index in [0.717, 1.165) is 6.71 Å². The van der Waals surface area contributed by atoms with Gasteiger partial charge < -0.3 is 0 Å². The SMILES string of the molecule is CCCB1C=CC=CC1. The average Bonchev–Trinajstić information content (AvgIpc) is 1.91. The van der Waals surface area contributed by atoms with Crippen molar-refractivity contribution in [1.29, 1.82) is 0 Å². The van der Waals surface area contributed by atoms with E-state index in [1.165, 1.54) is 19.1 Å². The molecule has 0 aliphatic carbocycles. The van der Waals surface area contributed by atoms with E-state index in [2.05, 4.69) is 31.1 Å². The van der Waals surface area contributed by atoms with Crippen LogP contribution in [0.2, 0.25) is 12.6 Å². The fraction of sp³-hybridized carbons (Fsp3) is 0.500. The van der Waals surface area contributed by atoms with Crippen molar-refractivity contribution in [3.63, 3.8) is 0 Å². The van der Waals surface area contributed by atoms with Crippen LogP contribution in [-0.4, -0.2) is 6.71 Å². The van der Waals surface area contributed by atoms with E-state index < -0.39 is 0 Å². The zero-order valence-electron chi connectivity index (χ0n) is 6.01. The first-order chi connectivity index (χ1) is 4.43. The van der Waals surface area contributed by atoms with Gasteiger partial charge in [0.05, 0.1) is 0 Å². The fourth-order valence-corrected chi connectivity index (χ4v) is 1.22. The molecule has 0 nitrogen and oxygen atoms in total. The van der Waals surface area contributed by atoms with Crippen molar-refractivity contribution in [2.45, 2.75) is 26.0 Å². The first kappa shape index (κ1) is 6.66. The Bertz CT molecular complexity index is 125. The summed E-state index contributed by atoms with van der Waals surface area (Å²) in [6, 6.07) is 0. The molecule has 1 heterocycles. The van der Waals surface area contributed by atoms with Crippen molar-refractivity contribution >= 4 is 6.71 Å². The molecular weight excluding hydrogens is 107 g/mol. The molecule has 1 aliphatic heterocycles. The van der Waals surface area contributed by atoms with E-state index >= 15 is 0 Å². The highest BCUT2D eigenvalue weighted by molar-refractivity contribution is 6.65. The third kappa shape index (κ3) is 2.09. The van der Waals surface area contributed by atoms with Gasteiger partial charge in [0.25, 0.3) is 0 Å². The molecular formula is C8H13B. The van der Waals surface area contributed by atoms with Crippen LogP contribution in [0, 0.1) is 0 Å². The number of allylic oxidation sites excluding steroid dienone is 3. The summed E-state index contributed by atoms with van der Waals surface area (Å²) in [6.45, 7) is 3.08. The van der Waals surface area contributed by atoms with Crippen LogP contribution in [0.5, 0.6) is 0 Å². The van der Waals surface area contributed by atoms with E-state index in [1.807, 2.05) is 0 Å². The summed E-state index contributed by atoms with van der Waals surface area (Å²) in [5, 5.41) is 0. The Morgan fingerprint density at radius 1 is 1.44 bits per heavy atom. The van der Waals surface area contributed by atoms with E-state index in [-0.39, 0.29) is 0 Å². The van der Waals surface area contributed by atoms with Crippen LogP contribution in [0.1, 0.15) is 13.3 Å². The summed E-state index contributed by atoms with van der Waals surface area (Å²) in [6.07, 6.45) is 10.4. The van der Waals surface area contributed by atoms with Gasteiger partial charge in [-0.2, -0.15) is 0 Å². The molecule has 1 aliphatic rings. The van der Waals surface area contributed by atoms with Gasteiger partial charge in [0.1, 0.15) is 0 Å². The Morgan fingerprint density at radius 3 is 2.89 bits per heavy atom. The topological polar surface area (TPSA) is 0 Å². The Labute approximate surface area is 57.7 Å². The fourth-order valence-electron chi connectivity index (χ4n) is 1.22. The van der Waals surface area contributed by atoms with Crippen LogP contribution in [0.4, 0.5) is 0 Å². The molecule has 0 bridgehead atoms. The molecule has 0 fully saturated rings. The van der Waals surface area contributed by atoms with Crippen LogP contribution in [0.3, 0.4) is 0 Å². The molecule has 1 rings (SSSR count). The molecule has 0 aromatic heterocycles. The van der Waals surface area contributed by atoms with Crippen LogP contribution in [0.15, 0.2) is 24.2 Å². The van der Waals surface area contributed by atoms with Crippen molar-refractivity contribution in [3.05, 3.63) is 24.2 Å². The van der Waals surface area contributed by atoms with Gasteiger partial charge in [-0.25, -0.2) is 0 Å². The lowest BCUT2D eigenvalue weighted by atomic mass is 9.43. The molecule has 0 radical (unpaired) electrons. The first-order valence-corrected chi connectivity index (χ1v) is 3.77. The molecule has 0 aromatic carbocycles. The second kappa shape index (κ2) is 3.55. The quantitative estimate of drug-likeness (QED) is 0.491. The summed E-state index contributed by atoms with van der Waals surface area (Å²) >= 11 is 0. The summed E-state index contributed by atoms with van der Waals surface area (Å²) in [5.74, 6) is 2.31. The van der Waals surface area contributed by atoms with Crippen LogP contribution in [0.25, 0.3) is 0 Å². The molecule has 0 unspecified atom stereocenters. The maximum Gasteiger partial charge on any atom is 0.170 e. The summed E-state index contributed by atoms with van der Waals surface area (Å²) in [7, 11) is 0. The predicted octanol–water partition coefficient (Wildman–Crippen LogP) is 2.56. The van der Waals surface area contributed by atoms with E-state index in [0.29, 0.717) is 0 Å². The Kier molecular flexibility index (Phi) is 2.63. The van der Waals surface area contributed by atoms with E-state index in [1.54, 1.807) is 0 Å². The van der Waals surface area contributed by atoms with Gasteiger partial charge in [0.2, 0.25) is 0 Å².